The molecule has 1 aromatic heterocycles. The normalized spacial score (nSPS) is 12.3. The number of hydrogen-bond acceptors (Lipinski definition) is 7. The second-order valence-electron chi connectivity index (χ2n) is 8.23. The van der Waals surface area contributed by atoms with Crippen molar-refractivity contribution < 1.29 is 19.0 Å². The van der Waals surface area contributed by atoms with Crippen LogP contribution in [-0.4, -0.2) is 49.8 Å². The van der Waals surface area contributed by atoms with Crippen LogP contribution >= 0.6 is 11.3 Å². The van der Waals surface area contributed by atoms with Crippen LogP contribution in [0.15, 0.2) is 66.7 Å². The molecule has 0 saturated heterocycles. The molecule has 0 radical (unpaired) electrons. The lowest BCUT2D eigenvalue weighted by Gasteiger charge is -2.21. The van der Waals surface area contributed by atoms with Crippen LogP contribution in [0.5, 0.6) is 23.0 Å². The molecule has 0 fully saturated rings. The number of rotatable bonds is 8. The molecule has 1 amide bonds. The lowest BCUT2D eigenvalue weighted by molar-refractivity contribution is 0.0985. The number of thiazole rings is 1. The highest BCUT2D eigenvalue weighted by Crippen LogP contribution is 2.40. The van der Waals surface area contributed by atoms with E-state index in [2.05, 4.69) is 4.90 Å². The molecule has 3 aromatic carbocycles. The van der Waals surface area contributed by atoms with E-state index in [9.17, 15) is 4.79 Å². The molecule has 34 heavy (non-hydrogen) atoms. The largest absolute Gasteiger partial charge is 0.457 e. The summed E-state index contributed by atoms with van der Waals surface area (Å²) >= 11 is 1.47. The van der Waals surface area contributed by atoms with Crippen LogP contribution in [0, 0.1) is 0 Å². The van der Waals surface area contributed by atoms with Gasteiger partial charge < -0.3 is 19.1 Å². The Kier molecular flexibility index (Phi) is 6.33. The first-order valence-electron chi connectivity index (χ1n) is 11.1. The second kappa shape index (κ2) is 9.70. The molecule has 5 rings (SSSR count). The van der Waals surface area contributed by atoms with Gasteiger partial charge in [0.2, 0.25) is 6.79 Å². The molecule has 0 bridgehead atoms. The number of carbonyl (C=O) groups is 1. The molecule has 0 unspecified atom stereocenters. The summed E-state index contributed by atoms with van der Waals surface area (Å²) in [6.45, 7) is 1.63. The Morgan fingerprint density at radius 2 is 1.74 bits per heavy atom. The van der Waals surface area contributed by atoms with E-state index < -0.39 is 0 Å². The standard InChI is InChI=1S/C26H25N3O4S/c1-28(2)12-7-13-29(26-27-21-15-22-23(32-17-31-22)16-24(21)34-26)25(30)18-8-6-11-20(14-18)33-19-9-4-3-5-10-19/h3-6,8-11,14-16H,7,12-13,17H2,1-2H3. The van der Waals surface area contributed by atoms with Crippen LogP contribution in [0.1, 0.15) is 16.8 Å². The molecule has 0 aliphatic carbocycles. The summed E-state index contributed by atoms with van der Waals surface area (Å²) in [6, 6.07) is 20.6. The number of carbonyl (C=O) groups excluding carboxylic acids is 1. The smallest absolute Gasteiger partial charge is 0.260 e. The van der Waals surface area contributed by atoms with E-state index >= 15 is 0 Å². The maximum Gasteiger partial charge on any atom is 0.260 e. The number of aromatic nitrogens is 1. The van der Waals surface area contributed by atoms with Gasteiger partial charge in [0.25, 0.3) is 5.91 Å². The molecule has 1 aliphatic rings. The summed E-state index contributed by atoms with van der Waals surface area (Å²) in [5, 5.41) is 0.650. The fourth-order valence-corrected chi connectivity index (χ4v) is 4.72. The van der Waals surface area contributed by atoms with Gasteiger partial charge in [-0.1, -0.05) is 35.6 Å². The van der Waals surface area contributed by atoms with Crippen LogP contribution in [-0.2, 0) is 0 Å². The number of ether oxygens (including phenoxy) is 3. The SMILES string of the molecule is CN(C)CCCN(C(=O)c1cccc(Oc2ccccc2)c1)c1nc2cc3c(cc2s1)OCO3. The quantitative estimate of drug-likeness (QED) is 0.339. The van der Waals surface area contributed by atoms with Crippen molar-refractivity contribution in [3.05, 3.63) is 72.3 Å². The van der Waals surface area contributed by atoms with E-state index in [1.807, 2.05) is 74.8 Å². The van der Waals surface area contributed by atoms with Crippen molar-refractivity contribution >= 4 is 32.6 Å². The number of amides is 1. The van der Waals surface area contributed by atoms with Crippen molar-refractivity contribution in [2.24, 2.45) is 0 Å². The van der Waals surface area contributed by atoms with Gasteiger partial charge in [-0.25, -0.2) is 4.98 Å². The van der Waals surface area contributed by atoms with Gasteiger partial charge in [0.1, 0.15) is 11.5 Å². The molecule has 8 heteroatoms. The van der Waals surface area contributed by atoms with E-state index in [-0.39, 0.29) is 12.7 Å². The van der Waals surface area contributed by atoms with E-state index in [0.29, 0.717) is 34.5 Å². The first kappa shape index (κ1) is 22.2. The monoisotopic (exact) mass is 475 g/mol. The fraction of sp³-hybridized carbons (Fsp3) is 0.231. The number of nitrogens with zero attached hydrogens (tertiary/aromatic N) is 3. The molecule has 174 valence electrons. The third kappa shape index (κ3) is 4.83. The Hall–Kier alpha value is -3.62. The van der Waals surface area contributed by atoms with E-state index in [4.69, 9.17) is 19.2 Å². The molecule has 0 atom stereocenters. The van der Waals surface area contributed by atoms with E-state index in [0.717, 1.165) is 28.9 Å². The van der Waals surface area contributed by atoms with Gasteiger partial charge in [0, 0.05) is 24.2 Å². The summed E-state index contributed by atoms with van der Waals surface area (Å²) in [5.41, 5.74) is 1.34. The molecule has 0 saturated carbocycles. The Morgan fingerprint density at radius 3 is 2.53 bits per heavy atom. The Balaban J connectivity index is 1.44. The number of benzene rings is 3. The van der Waals surface area contributed by atoms with E-state index in [1.54, 1.807) is 11.0 Å². The zero-order chi connectivity index (χ0) is 23.5. The first-order valence-corrected chi connectivity index (χ1v) is 11.9. The number of hydrogen-bond donors (Lipinski definition) is 0. The highest BCUT2D eigenvalue weighted by molar-refractivity contribution is 7.22. The summed E-state index contributed by atoms with van der Waals surface area (Å²) in [5.74, 6) is 2.61. The fourth-order valence-electron chi connectivity index (χ4n) is 3.72. The van der Waals surface area contributed by atoms with Crippen molar-refractivity contribution in [1.82, 2.24) is 9.88 Å². The minimum Gasteiger partial charge on any atom is -0.457 e. The number of para-hydroxylation sites is 1. The Bertz CT molecular complexity index is 1270. The Labute approximate surface area is 202 Å². The maximum atomic E-state index is 13.7. The third-order valence-corrected chi connectivity index (χ3v) is 6.44. The van der Waals surface area contributed by atoms with Crippen LogP contribution in [0.4, 0.5) is 5.13 Å². The average Bonchev–Trinajstić information content (AvgIpc) is 3.46. The van der Waals surface area contributed by atoms with Crippen molar-refractivity contribution in [2.45, 2.75) is 6.42 Å². The van der Waals surface area contributed by atoms with E-state index in [1.165, 1.54) is 11.3 Å². The summed E-state index contributed by atoms with van der Waals surface area (Å²) < 4.78 is 17.9. The average molecular weight is 476 g/mol. The molecular weight excluding hydrogens is 450 g/mol. The summed E-state index contributed by atoms with van der Waals surface area (Å²) in [6.07, 6.45) is 0.817. The zero-order valence-electron chi connectivity index (χ0n) is 19.1. The maximum absolute atomic E-state index is 13.7. The van der Waals surface area contributed by atoms with Crippen LogP contribution in [0.2, 0.25) is 0 Å². The molecule has 2 heterocycles. The van der Waals surface area contributed by atoms with Crippen LogP contribution in [0.25, 0.3) is 10.2 Å². The lowest BCUT2D eigenvalue weighted by atomic mass is 10.2. The minimum atomic E-state index is -0.114. The molecular formula is C26H25N3O4S. The minimum absolute atomic E-state index is 0.114. The summed E-state index contributed by atoms with van der Waals surface area (Å²) in [4.78, 5) is 22.3. The molecule has 4 aromatic rings. The van der Waals surface area contributed by atoms with Crippen molar-refractivity contribution in [2.75, 3.05) is 38.9 Å². The van der Waals surface area contributed by atoms with Gasteiger partial charge in [-0.2, -0.15) is 0 Å². The van der Waals surface area contributed by atoms with Gasteiger partial charge in [0.15, 0.2) is 16.6 Å². The van der Waals surface area contributed by atoms with Crippen molar-refractivity contribution in [1.29, 1.82) is 0 Å². The van der Waals surface area contributed by atoms with Gasteiger partial charge in [-0.05, 0) is 57.4 Å². The van der Waals surface area contributed by atoms with Gasteiger partial charge in [-0.15, -0.1) is 0 Å². The molecule has 7 nitrogen and oxygen atoms in total. The lowest BCUT2D eigenvalue weighted by Crippen LogP contribution is -2.33. The number of anilines is 1. The van der Waals surface area contributed by atoms with Gasteiger partial charge in [-0.3, -0.25) is 9.69 Å². The molecule has 0 spiro atoms. The van der Waals surface area contributed by atoms with Gasteiger partial charge >= 0.3 is 0 Å². The summed E-state index contributed by atoms with van der Waals surface area (Å²) in [7, 11) is 4.05. The molecule has 1 aliphatic heterocycles. The first-order chi connectivity index (χ1) is 16.6. The highest BCUT2D eigenvalue weighted by Gasteiger charge is 2.23. The predicted octanol–water partition coefficient (Wildman–Crippen LogP) is 5.42. The van der Waals surface area contributed by atoms with Gasteiger partial charge in [0.05, 0.1) is 10.2 Å². The van der Waals surface area contributed by atoms with Crippen LogP contribution < -0.4 is 19.1 Å². The van der Waals surface area contributed by atoms with Crippen molar-refractivity contribution in [3.8, 4) is 23.0 Å². The Morgan fingerprint density at radius 1 is 0.971 bits per heavy atom. The topological polar surface area (TPSA) is 64.1 Å². The molecule has 0 N–H and O–H groups in total. The third-order valence-electron chi connectivity index (χ3n) is 5.39. The number of fused-ring (bicyclic) bond motifs is 2. The zero-order valence-corrected chi connectivity index (χ0v) is 19.9. The predicted molar refractivity (Wildman–Crippen MR) is 134 cm³/mol. The van der Waals surface area contributed by atoms with Crippen molar-refractivity contribution in [3.63, 3.8) is 0 Å². The second-order valence-corrected chi connectivity index (χ2v) is 9.24. The van der Waals surface area contributed by atoms with Crippen LogP contribution in [0.3, 0.4) is 0 Å². The highest BCUT2D eigenvalue weighted by atomic mass is 32.1.